The van der Waals surface area contributed by atoms with Crippen LogP contribution in [0.15, 0.2) is 22.7 Å². The first-order valence-corrected chi connectivity index (χ1v) is 8.86. The van der Waals surface area contributed by atoms with Gasteiger partial charge in [0.25, 0.3) is 0 Å². The molecule has 0 aliphatic rings. The predicted octanol–water partition coefficient (Wildman–Crippen LogP) is 3.82. The first-order valence-electron chi connectivity index (χ1n) is 6.32. The number of rotatable bonds is 4. The Morgan fingerprint density at radius 2 is 2.00 bits per heavy atom. The standard InChI is InChI=1S/C13H14F3N3OS2/c1-8-9(2)21-12(19-8)22(17,20)6-5-10-3-4-11(18-7-10)13(14,15)16/h3-4,7,17H,5-6H2,1-2H3. The van der Waals surface area contributed by atoms with Gasteiger partial charge in [-0.25, -0.2) is 14.0 Å². The van der Waals surface area contributed by atoms with Gasteiger partial charge >= 0.3 is 6.18 Å². The maximum absolute atomic E-state index is 12.4. The molecule has 0 aromatic carbocycles. The molecule has 4 nitrogen and oxygen atoms in total. The monoisotopic (exact) mass is 349 g/mol. The lowest BCUT2D eigenvalue weighted by Gasteiger charge is -2.07. The van der Waals surface area contributed by atoms with Crippen LogP contribution in [0.25, 0.3) is 0 Å². The molecule has 2 heterocycles. The molecule has 120 valence electrons. The maximum atomic E-state index is 12.4. The first-order chi connectivity index (χ1) is 10.1. The normalized spacial score (nSPS) is 14.8. The van der Waals surface area contributed by atoms with Crippen LogP contribution in [0.2, 0.25) is 0 Å². The molecule has 9 heteroatoms. The number of pyridine rings is 1. The Labute approximate surface area is 130 Å². The molecule has 1 atom stereocenters. The summed E-state index contributed by atoms with van der Waals surface area (Å²) in [4.78, 5) is 8.39. The van der Waals surface area contributed by atoms with Crippen molar-refractivity contribution < 1.29 is 17.4 Å². The zero-order valence-electron chi connectivity index (χ0n) is 11.9. The van der Waals surface area contributed by atoms with Gasteiger partial charge in [-0.2, -0.15) is 13.2 Å². The lowest BCUT2D eigenvalue weighted by atomic mass is 10.2. The number of aromatic nitrogens is 2. The van der Waals surface area contributed by atoms with E-state index >= 15 is 0 Å². The van der Waals surface area contributed by atoms with Crippen molar-refractivity contribution in [2.45, 2.75) is 30.8 Å². The number of thiazole rings is 1. The molecule has 2 aromatic heterocycles. The number of alkyl halides is 3. The highest BCUT2D eigenvalue weighted by atomic mass is 32.2. The number of nitrogens with one attached hydrogen (secondary N) is 1. The Hall–Kier alpha value is -1.48. The molecule has 0 saturated heterocycles. The van der Waals surface area contributed by atoms with E-state index in [4.69, 9.17) is 4.78 Å². The summed E-state index contributed by atoms with van der Waals surface area (Å²) in [7, 11) is -3.04. The summed E-state index contributed by atoms with van der Waals surface area (Å²) in [5.74, 6) is 0.00639. The van der Waals surface area contributed by atoms with Gasteiger partial charge in [0.2, 0.25) is 0 Å². The number of aryl methyl sites for hydroxylation is 3. The number of hydrogen-bond donors (Lipinski definition) is 1. The van der Waals surface area contributed by atoms with Crippen molar-refractivity contribution in [1.29, 1.82) is 4.78 Å². The second-order valence-corrected chi connectivity index (χ2v) is 8.41. The van der Waals surface area contributed by atoms with E-state index in [1.807, 2.05) is 6.92 Å². The molecule has 22 heavy (non-hydrogen) atoms. The minimum absolute atomic E-state index is 0.00639. The van der Waals surface area contributed by atoms with Crippen molar-refractivity contribution in [1.82, 2.24) is 9.97 Å². The van der Waals surface area contributed by atoms with Crippen molar-refractivity contribution >= 4 is 21.1 Å². The second-order valence-electron chi connectivity index (χ2n) is 4.80. The summed E-state index contributed by atoms with van der Waals surface area (Å²) in [6.45, 7) is 3.62. The molecule has 0 aliphatic heterocycles. The van der Waals surface area contributed by atoms with Crippen LogP contribution in [0.4, 0.5) is 13.2 Å². The minimum Gasteiger partial charge on any atom is -0.252 e. The Morgan fingerprint density at radius 3 is 2.45 bits per heavy atom. The number of hydrogen-bond acceptors (Lipinski definition) is 5. The van der Waals surface area contributed by atoms with Crippen molar-refractivity contribution in [3.8, 4) is 0 Å². The molecular formula is C13H14F3N3OS2. The average molecular weight is 349 g/mol. The van der Waals surface area contributed by atoms with E-state index in [0.717, 1.165) is 22.8 Å². The van der Waals surface area contributed by atoms with Gasteiger partial charge in [0, 0.05) is 16.8 Å². The van der Waals surface area contributed by atoms with Crippen LogP contribution in [0, 0.1) is 18.6 Å². The third-order valence-electron chi connectivity index (χ3n) is 3.08. The molecule has 0 bridgehead atoms. The number of halogens is 3. The van der Waals surface area contributed by atoms with Crippen LogP contribution in [0.5, 0.6) is 0 Å². The largest absolute Gasteiger partial charge is 0.433 e. The molecule has 2 aromatic rings. The summed E-state index contributed by atoms with van der Waals surface area (Å²) < 4.78 is 57.8. The molecule has 0 spiro atoms. The van der Waals surface area contributed by atoms with Crippen LogP contribution in [0.1, 0.15) is 21.8 Å². The molecule has 1 N–H and O–H groups in total. The topological polar surface area (TPSA) is 66.7 Å². The Kier molecular flexibility index (Phi) is 4.57. The van der Waals surface area contributed by atoms with E-state index in [2.05, 4.69) is 9.97 Å². The van der Waals surface area contributed by atoms with Gasteiger partial charge in [-0.05, 0) is 31.9 Å². The van der Waals surface area contributed by atoms with Gasteiger partial charge in [-0.1, -0.05) is 6.07 Å². The van der Waals surface area contributed by atoms with Crippen LogP contribution < -0.4 is 0 Å². The zero-order chi connectivity index (χ0) is 16.5. The minimum atomic E-state index is -4.47. The quantitative estimate of drug-likeness (QED) is 0.912. The highest BCUT2D eigenvalue weighted by Crippen LogP contribution is 2.27. The summed E-state index contributed by atoms with van der Waals surface area (Å²) in [5, 5.41) is 0. The SMILES string of the molecule is Cc1nc(S(=N)(=O)CCc2ccc(C(F)(F)F)nc2)sc1C. The third kappa shape index (κ3) is 3.83. The third-order valence-corrected chi connectivity index (χ3v) is 6.44. The van der Waals surface area contributed by atoms with Crippen LogP contribution in [-0.4, -0.2) is 19.9 Å². The van der Waals surface area contributed by atoms with E-state index in [-0.39, 0.29) is 16.5 Å². The highest BCUT2D eigenvalue weighted by Gasteiger charge is 2.32. The fourth-order valence-electron chi connectivity index (χ4n) is 1.67. The van der Waals surface area contributed by atoms with Gasteiger partial charge < -0.3 is 0 Å². The van der Waals surface area contributed by atoms with Gasteiger partial charge in [0.1, 0.15) is 15.4 Å². The van der Waals surface area contributed by atoms with Gasteiger partial charge in [-0.15, -0.1) is 11.3 Å². The Balaban J connectivity index is 2.09. The fourth-order valence-corrected chi connectivity index (χ4v) is 4.46. The van der Waals surface area contributed by atoms with Gasteiger partial charge in [0.15, 0.2) is 4.34 Å². The summed E-state index contributed by atoms with van der Waals surface area (Å²) in [6, 6.07) is 2.18. The smallest absolute Gasteiger partial charge is 0.252 e. The average Bonchev–Trinajstić information content (AvgIpc) is 2.77. The predicted molar refractivity (Wildman–Crippen MR) is 78.5 cm³/mol. The first kappa shape index (κ1) is 16.9. The Morgan fingerprint density at radius 1 is 1.32 bits per heavy atom. The van der Waals surface area contributed by atoms with Crippen LogP contribution in [0.3, 0.4) is 0 Å². The molecule has 0 fully saturated rings. The van der Waals surface area contributed by atoms with Crippen molar-refractivity contribution in [2.75, 3.05) is 5.75 Å². The molecule has 2 rings (SSSR count). The van der Waals surface area contributed by atoms with E-state index in [1.54, 1.807) is 6.92 Å². The lowest BCUT2D eigenvalue weighted by Crippen LogP contribution is -2.10. The van der Waals surface area contributed by atoms with Crippen LogP contribution in [-0.2, 0) is 22.3 Å². The molecule has 0 radical (unpaired) electrons. The van der Waals surface area contributed by atoms with E-state index < -0.39 is 21.6 Å². The second kappa shape index (κ2) is 5.96. The number of nitrogens with zero attached hydrogens (tertiary/aromatic N) is 2. The summed E-state index contributed by atoms with van der Waals surface area (Å²) in [6.07, 6.45) is -3.15. The molecule has 1 unspecified atom stereocenters. The lowest BCUT2D eigenvalue weighted by molar-refractivity contribution is -0.141. The zero-order valence-corrected chi connectivity index (χ0v) is 13.5. The van der Waals surface area contributed by atoms with Crippen molar-refractivity contribution in [2.24, 2.45) is 0 Å². The highest BCUT2D eigenvalue weighted by molar-refractivity contribution is 7.94. The van der Waals surface area contributed by atoms with Gasteiger partial charge in [0.05, 0.1) is 5.69 Å². The maximum Gasteiger partial charge on any atom is 0.433 e. The van der Waals surface area contributed by atoms with Crippen molar-refractivity contribution in [3.63, 3.8) is 0 Å². The fraction of sp³-hybridized carbons (Fsp3) is 0.385. The van der Waals surface area contributed by atoms with Crippen molar-refractivity contribution in [3.05, 3.63) is 40.2 Å². The van der Waals surface area contributed by atoms with Crippen LogP contribution >= 0.6 is 11.3 Å². The van der Waals surface area contributed by atoms with E-state index in [9.17, 15) is 17.4 Å². The van der Waals surface area contributed by atoms with Gasteiger partial charge in [-0.3, -0.25) is 4.98 Å². The molecule has 0 aliphatic carbocycles. The van der Waals surface area contributed by atoms with E-state index in [0.29, 0.717) is 5.56 Å². The molecule has 0 amide bonds. The Bertz CT molecular complexity index is 745. The molecule has 0 saturated carbocycles. The summed E-state index contributed by atoms with van der Waals surface area (Å²) >= 11 is 1.22. The van der Waals surface area contributed by atoms with E-state index in [1.165, 1.54) is 17.4 Å². The molecular weight excluding hydrogens is 335 g/mol. The summed E-state index contributed by atoms with van der Waals surface area (Å²) in [5.41, 5.74) is 0.295.